The first kappa shape index (κ1) is 20.8. The van der Waals surface area contributed by atoms with Crippen LogP contribution in [0.5, 0.6) is 0 Å². The van der Waals surface area contributed by atoms with Gasteiger partial charge < -0.3 is 25.0 Å². The zero-order chi connectivity index (χ0) is 21.3. The number of hydrogen-bond acceptors (Lipinski definition) is 6. The maximum Gasteiger partial charge on any atom is 0.414 e. The van der Waals surface area contributed by atoms with Crippen LogP contribution in [0.3, 0.4) is 0 Å². The summed E-state index contributed by atoms with van der Waals surface area (Å²) in [6.45, 7) is 2.07. The van der Waals surface area contributed by atoms with Gasteiger partial charge in [-0.05, 0) is 31.0 Å². The minimum atomic E-state index is -0.516. The third kappa shape index (κ3) is 4.49. The van der Waals surface area contributed by atoms with Crippen molar-refractivity contribution in [2.24, 2.45) is 5.92 Å². The van der Waals surface area contributed by atoms with E-state index in [4.69, 9.17) is 22.1 Å². The van der Waals surface area contributed by atoms with Crippen molar-refractivity contribution < 1.29 is 23.8 Å². The van der Waals surface area contributed by atoms with E-state index >= 15 is 0 Å². The highest BCUT2D eigenvalue weighted by molar-refractivity contribution is 7.80. The normalized spacial score (nSPS) is 21.6. The molecule has 3 fully saturated rings. The predicted molar refractivity (Wildman–Crippen MR) is 113 cm³/mol. The van der Waals surface area contributed by atoms with Crippen molar-refractivity contribution in [3.05, 3.63) is 24.0 Å². The van der Waals surface area contributed by atoms with E-state index in [1.165, 1.54) is 11.0 Å². The third-order valence-electron chi connectivity index (χ3n) is 5.68. The Morgan fingerprint density at radius 2 is 2.00 bits per heavy atom. The van der Waals surface area contributed by atoms with E-state index in [9.17, 15) is 14.0 Å². The van der Waals surface area contributed by atoms with Gasteiger partial charge in [-0.3, -0.25) is 9.69 Å². The lowest BCUT2D eigenvalue weighted by Crippen LogP contribution is -2.49. The smallest absolute Gasteiger partial charge is 0.414 e. The largest absolute Gasteiger partial charge is 0.442 e. The van der Waals surface area contributed by atoms with Crippen LogP contribution in [-0.2, 0) is 9.53 Å². The number of nitrogens with zero attached hydrogens (tertiary/aromatic N) is 3. The van der Waals surface area contributed by atoms with Gasteiger partial charge in [-0.1, -0.05) is 12.2 Å². The second-order valence-corrected chi connectivity index (χ2v) is 8.24. The fourth-order valence-corrected chi connectivity index (χ4v) is 4.08. The first-order valence-electron chi connectivity index (χ1n) is 10.1. The van der Waals surface area contributed by atoms with Gasteiger partial charge in [0.15, 0.2) is 0 Å². The van der Waals surface area contributed by atoms with Crippen molar-refractivity contribution in [3.8, 4) is 0 Å². The third-order valence-corrected chi connectivity index (χ3v) is 6.16. The number of thiocarbonyl (C=S) groups is 1. The molecule has 1 aromatic rings. The Balaban J connectivity index is 1.35. The van der Waals surface area contributed by atoms with Crippen LogP contribution in [0.25, 0.3) is 0 Å². The lowest BCUT2D eigenvalue weighted by Gasteiger charge is -2.36. The minimum absolute atomic E-state index is 0.319. The Labute approximate surface area is 179 Å². The molecular weight excluding hydrogens is 411 g/mol. The molecule has 1 aromatic carbocycles. The van der Waals surface area contributed by atoms with Crippen LogP contribution in [0.15, 0.2) is 18.2 Å². The van der Waals surface area contributed by atoms with Crippen molar-refractivity contribution in [1.29, 1.82) is 0 Å². The molecule has 1 aliphatic carbocycles. The highest BCUT2D eigenvalue weighted by Crippen LogP contribution is 2.30. The van der Waals surface area contributed by atoms with E-state index in [1.54, 1.807) is 17.0 Å². The average Bonchev–Trinajstić information content (AvgIpc) is 3.54. The SMILES string of the molecule is O=C(CO)N1CCN(c2ccc(N3C[C@H](CNC(=S)C4CC4)OC3=O)cc2F)CC1. The van der Waals surface area contributed by atoms with Crippen LogP contribution in [0, 0.1) is 11.7 Å². The molecule has 162 valence electrons. The Kier molecular flexibility index (Phi) is 6.05. The minimum Gasteiger partial charge on any atom is -0.442 e. The fourth-order valence-electron chi connectivity index (χ4n) is 3.76. The van der Waals surface area contributed by atoms with Crippen molar-refractivity contribution in [2.45, 2.75) is 18.9 Å². The maximum absolute atomic E-state index is 14.8. The number of cyclic esters (lactones) is 1. The predicted octanol–water partition coefficient (Wildman–Crippen LogP) is 1.12. The van der Waals surface area contributed by atoms with Crippen LogP contribution in [-0.4, -0.2) is 79.0 Å². The number of carbonyl (C=O) groups excluding carboxylic acids is 2. The fraction of sp³-hybridized carbons (Fsp3) is 0.550. The number of aliphatic hydroxyl groups excluding tert-OH is 1. The zero-order valence-electron chi connectivity index (χ0n) is 16.6. The Hall–Kier alpha value is -2.46. The lowest BCUT2D eigenvalue weighted by atomic mass is 10.2. The first-order valence-corrected chi connectivity index (χ1v) is 10.6. The molecule has 3 aliphatic rings. The number of carbonyl (C=O) groups is 2. The highest BCUT2D eigenvalue weighted by atomic mass is 32.1. The van der Waals surface area contributed by atoms with E-state index in [0.717, 1.165) is 17.8 Å². The Bertz CT molecular complexity index is 842. The topological polar surface area (TPSA) is 85.3 Å². The molecule has 2 N–H and O–H groups in total. The summed E-state index contributed by atoms with van der Waals surface area (Å²) in [6, 6.07) is 4.69. The van der Waals surface area contributed by atoms with Gasteiger partial charge in [0.05, 0.1) is 29.5 Å². The second kappa shape index (κ2) is 8.73. The van der Waals surface area contributed by atoms with Gasteiger partial charge in [0.2, 0.25) is 5.91 Å². The molecule has 8 nitrogen and oxygen atoms in total. The van der Waals surface area contributed by atoms with Crippen molar-refractivity contribution in [3.63, 3.8) is 0 Å². The second-order valence-electron chi connectivity index (χ2n) is 7.80. The van der Waals surface area contributed by atoms with Gasteiger partial charge in [0, 0.05) is 32.1 Å². The number of nitrogens with one attached hydrogen (secondary N) is 1. The number of rotatable bonds is 6. The summed E-state index contributed by atoms with van der Waals surface area (Å²) in [5.74, 6) is -0.294. The first-order chi connectivity index (χ1) is 14.5. The molecule has 0 radical (unpaired) electrons. The van der Waals surface area contributed by atoms with Crippen LogP contribution in [0.1, 0.15) is 12.8 Å². The molecule has 0 spiro atoms. The summed E-state index contributed by atoms with van der Waals surface area (Å²) in [6.07, 6.45) is 1.39. The molecule has 0 unspecified atom stereocenters. The van der Waals surface area contributed by atoms with Gasteiger partial charge in [0.1, 0.15) is 18.5 Å². The standard InChI is InChI=1S/C20H25FN4O4S/c21-16-9-14(3-4-17(16)23-5-7-24(8-6-23)18(27)12-26)25-11-15(29-20(25)28)10-22-19(30)13-1-2-13/h3-4,9,13,15,26H,1-2,5-8,10-12H2,(H,22,30)/t15-/m0/s1. The molecule has 1 atom stereocenters. The number of amides is 2. The summed E-state index contributed by atoms with van der Waals surface area (Å²) in [5.41, 5.74) is 0.873. The lowest BCUT2D eigenvalue weighted by molar-refractivity contribution is -0.134. The molecule has 30 heavy (non-hydrogen) atoms. The van der Waals surface area contributed by atoms with E-state index in [0.29, 0.717) is 56.6 Å². The zero-order valence-corrected chi connectivity index (χ0v) is 17.4. The summed E-state index contributed by atoms with van der Waals surface area (Å²) < 4.78 is 20.2. The number of halogens is 1. The van der Waals surface area contributed by atoms with Crippen molar-refractivity contribution in [2.75, 3.05) is 55.7 Å². The van der Waals surface area contributed by atoms with Gasteiger partial charge in [-0.15, -0.1) is 0 Å². The number of aliphatic hydroxyl groups is 1. The average molecular weight is 437 g/mol. The molecule has 4 rings (SSSR count). The van der Waals surface area contributed by atoms with E-state index in [-0.39, 0.29) is 12.0 Å². The Morgan fingerprint density at radius 1 is 1.27 bits per heavy atom. The number of anilines is 2. The summed E-state index contributed by atoms with van der Waals surface area (Å²) >= 11 is 5.30. The quantitative estimate of drug-likeness (QED) is 0.647. The molecular formula is C20H25FN4O4S. The molecule has 0 aromatic heterocycles. The Morgan fingerprint density at radius 3 is 2.63 bits per heavy atom. The summed E-state index contributed by atoms with van der Waals surface area (Å²) in [4.78, 5) is 29.5. The van der Waals surface area contributed by atoms with Crippen LogP contribution >= 0.6 is 12.2 Å². The van der Waals surface area contributed by atoms with Gasteiger partial charge >= 0.3 is 6.09 Å². The number of ether oxygens (including phenoxy) is 1. The maximum atomic E-state index is 14.8. The van der Waals surface area contributed by atoms with Crippen LogP contribution in [0.2, 0.25) is 0 Å². The molecule has 2 saturated heterocycles. The number of hydrogen-bond donors (Lipinski definition) is 2. The number of piperazine rings is 1. The number of benzene rings is 1. The summed E-state index contributed by atoms with van der Waals surface area (Å²) in [5, 5.41) is 12.1. The molecule has 0 bridgehead atoms. The molecule has 2 amide bonds. The van der Waals surface area contributed by atoms with Crippen LogP contribution < -0.4 is 15.1 Å². The molecule has 10 heteroatoms. The van der Waals surface area contributed by atoms with Crippen molar-refractivity contribution in [1.82, 2.24) is 10.2 Å². The van der Waals surface area contributed by atoms with E-state index in [1.807, 2.05) is 4.90 Å². The van der Waals surface area contributed by atoms with E-state index in [2.05, 4.69) is 5.32 Å². The molecule has 2 heterocycles. The van der Waals surface area contributed by atoms with Crippen LogP contribution in [0.4, 0.5) is 20.6 Å². The van der Waals surface area contributed by atoms with Gasteiger partial charge in [-0.2, -0.15) is 0 Å². The summed E-state index contributed by atoms with van der Waals surface area (Å²) in [7, 11) is 0. The molecule has 2 aliphatic heterocycles. The van der Waals surface area contributed by atoms with Gasteiger partial charge in [0.25, 0.3) is 0 Å². The van der Waals surface area contributed by atoms with Gasteiger partial charge in [-0.25, -0.2) is 9.18 Å². The highest BCUT2D eigenvalue weighted by Gasteiger charge is 2.34. The van der Waals surface area contributed by atoms with E-state index < -0.39 is 18.5 Å². The molecule has 1 saturated carbocycles. The van der Waals surface area contributed by atoms with Crippen molar-refractivity contribution >= 4 is 40.6 Å². The monoisotopic (exact) mass is 436 g/mol.